The lowest BCUT2D eigenvalue weighted by Crippen LogP contribution is -2.01. The van der Waals surface area contributed by atoms with E-state index in [1.807, 2.05) is 49.4 Å². The lowest BCUT2D eigenvalue weighted by molar-refractivity contribution is 0.628. The predicted molar refractivity (Wildman–Crippen MR) is 108 cm³/mol. The zero-order chi connectivity index (χ0) is 18.8. The first kappa shape index (κ1) is 17.1. The minimum absolute atomic E-state index is 0.260. The highest BCUT2D eigenvalue weighted by atomic mass is 19.1. The number of benzene rings is 3. The molecule has 0 unspecified atom stereocenters. The highest BCUT2D eigenvalue weighted by Crippen LogP contribution is 2.34. The monoisotopic (exact) mass is 354 g/mol. The first-order valence-electron chi connectivity index (χ1n) is 8.89. The van der Waals surface area contributed by atoms with Crippen molar-refractivity contribution in [3.05, 3.63) is 95.9 Å². The van der Waals surface area contributed by atoms with Crippen molar-refractivity contribution >= 4 is 0 Å². The molecule has 0 bridgehead atoms. The van der Waals surface area contributed by atoms with Crippen LogP contribution in [0.1, 0.15) is 11.3 Å². The van der Waals surface area contributed by atoms with Gasteiger partial charge in [-0.05, 0) is 43.7 Å². The Balaban J connectivity index is 1.98. The summed E-state index contributed by atoms with van der Waals surface area (Å²) in [5.74, 6) is -0.260. The second kappa shape index (κ2) is 7.12. The van der Waals surface area contributed by atoms with Gasteiger partial charge < -0.3 is 0 Å². The van der Waals surface area contributed by atoms with Crippen LogP contribution in [0.2, 0.25) is 0 Å². The molecule has 0 N–H and O–H groups in total. The van der Waals surface area contributed by atoms with E-state index in [-0.39, 0.29) is 5.82 Å². The molecule has 0 aliphatic rings. The summed E-state index contributed by atoms with van der Waals surface area (Å²) < 4.78 is 13.3. The molecule has 0 radical (unpaired) electrons. The zero-order valence-corrected chi connectivity index (χ0v) is 15.3. The molecule has 0 atom stereocenters. The van der Waals surface area contributed by atoms with Crippen LogP contribution in [0.25, 0.3) is 33.8 Å². The fraction of sp³-hybridized carbons (Fsp3) is 0.0833. The van der Waals surface area contributed by atoms with E-state index < -0.39 is 0 Å². The normalized spacial score (nSPS) is 10.8. The van der Waals surface area contributed by atoms with Gasteiger partial charge in [-0.1, -0.05) is 54.6 Å². The van der Waals surface area contributed by atoms with Crippen molar-refractivity contribution in [1.82, 2.24) is 9.97 Å². The van der Waals surface area contributed by atoms with Gasteiger partial charge in [-0.2, -0.15) is 0 Å². The standard InChI is InChI=1S/C24H19FN2/c1-16-8-6-7-11-21(16)24-23(18-9-4-3-5-10-18)27-22(17(2)26-24)19-12-14-20(25)15-13-19/h3-15H,1-2H3. The highest BCUT2D eigenvalue weighted by molar-refractivity contribution is 5.81. The van der Waals surface area contributed by atoms with E-state index in [9.17, 15) is 4.39 Å². The predicted octanol–water partition coefficient (Wildman–Crippen LogP) is 6.23. The van der Waals surface area contributed by atoms with Crippen molar-refractivity contribution in [3.63, 3.8) is 0 Å². The lowest BCUT2D eigenvalue weighted by atomic mass is 9.99. The number of rotatable bonds is 3. The summed E-state index contributed by atoms with van der Waals surface area (Å²) in [6, 6.07) is 24.6. The molecule has 0 spiro atoms. The van der Waals surface area contributed by atoms with Crippen molar-refractivity contribution in [2.45, 2.75) is 13.8 Å². The molecular formula is C24H19FN2. The average molecular weight is 354 g/mol. The Morgan fingerprint density at radius 3 is 1.93 bits per heavy atom. The molecule has 3 heteroatoms. The van der Waals surface area contributed by atoms with Gasteiger partial charge in [0.25, 0.3) is 0 Å². The number of hydrogen-bond donors (Lipinski definition) is 0. The van der Waals surface area contributed by atoms with Crippen LogP contribution in [0.3, 0.4) is 0 Å². The molecule has 27 heavy (non-hydrogen) atoms. The van der Waals surface area contributed by atoms with Crippen molar-refractivity contribution in [3.8, 4) is 33.8 Å². The van der Waals surface area contributed by atoms with Crippen LogP contribution >= 0.6 is 0 Å². The second-order valence-electron chi connectivity index (χ2n) is 6.54. The molecule has 4 aromatic rings. The summed E-state index contributed by atoms with van der Waals surface area (Å²) in [5.41, 5.74) is 7.36. The minimum atomic E-state index is -0.260. The Hall–Kier alpha value is -3.33. The van der Waals surface area contributed by atoms with Crippen molar-refractivity contribution in [2.24, 2.45) is 0 Å². The van der Waals surface area contributed by atoms with Gasteiger partial charge in [0.2, 0.25) is 0 Å². The van der Waals surface area contributed by atoms with Gasteiger partial charge in [-0.25, -0.2) is 14.4 Å². The topological polar surface area (TPSA) is 25.8 Å². The summed E-state index contributed by atoms with van der Waals surface area (Å²) >= 11 is 0. The number of hydrogen-bond acceptors (Lipinski definition) is 2. The van der Waals surface area contributed by atoms with Gasteiger partial charge in [0.1, 0.15) is 5.82 Å². The fourth-order valence-electron chi connectivity index (χ4n) is 3.22. The quantitative estimate of drug-likeness (QED) is 0.435. The maximum atomic E-state index is 13.3. The Bertz CT molecular complexity index is 1090. The summed E-state index contributed by atoms with van der Waals surface area (Å²) in [5, 5.41) is 0. The van der Waals surface area contributed by atoms with E-state index in [0.717, 1.165) is 45.0 Å². The fourth-order valence-corrected chi connectivity index (χ4v) is 3.22. The molecular weight excluding hydrogens is 335 g/mol. The van der Waals surface area contributed by atoms with Crippen LogP contribution in [0.15, 0.2) is 78.9 Å². The van der Waals surface area contributed by atoms with Crippen LogP contribution < -0.4 is 0 Å². The molecule has 0 amide bonds. The summed E-state index contributed by atoms with van der Waals surface area (Å²) in [6.45, 7) is 4.03. The SMILES string of the molecule is Cc1ccccc1-c1nc(C)c(-c2ccc(F)cc2)nc1-c1ccccc1. The van der Waals surface area contributed by atoms with Crippen LogP contribution in [0.4, 0.5) is 4.39 Å². The highest BCUT2D eigenvalue weighted by Gasteiger charge is 2.17. The van der Waals surface area contributed by atoms with Gasteiger partial charge >= 0.3 is 0 Å². The van der Waals surface area contributed by atoms with E-state index in [1.165, 1.54) is 12.1 Å². The van der Waals surface area contributed by atoms with Gasteiger partial charge in [-0.3, -0.25) is 0 Å². The van der Waals surface area contributed by atoms with Crippen LogP contribution in [0.5, 0.6) is 0 Å². The first-order chi connectivity index (χ1) is 13.1. The molecule has 1 heterocycles. The Morgan fingerprint density at radius 1 is 0.593 bits per heavy atom. The molecule has 1 aromatic heterocycles. The van der Waals surface area contributed by atoms with Gasteiger partial charge in [0.15, 0.2) is 0 Å². The van der Waals surface area contributed by atoms with E-state index in [4.69, 9.17) is 9.97 Å². The minimum Gasteiger partial charge on any atom is -0.249 e. The van der Waals surface area contributed by atoms with Crippen molar-refractivity contribution < 1.29 is 4.39 Å². The summed E-state index contributed by atoms with van der Waals surface area (Å²) in [4.78, 5) is 9.90. The third kappa shape index (κ3) is 3.36. The van der Waals surface area contributed by atoms with Gasteiger partial charge in [-0.15, -0.1) is 0 Å². The summed E-state index contributed by atoms with van der Waals surface area (Å²) in [7, 11) is 0. The third-order valence-corrected chi connectivity index (χ3v) is 4.64. The van der Waals surface area contributed by atoms with E-state index in [2.05, 4.69) is 19.1 Å². The van der Waals surface area contributed by atoms with Crippen LogP contribution in [0, 0.1) is 19.7 Å². The smallest absolute Gasteiger partial charge is 0.123 e. The van der Waals surface area contributed by atoms with Crippen LogP contribution in [-0.4, -0.2) is 9.97 Å². The molecule has 0 fully saturated rings. The number of aromatic nitrogens is 2. The molecule has 2 nitrogen and oxygen atoms in total. The maximum Gasteiger partial charge on any atom is 0.123 e. The average Bonchev–Trinajstić information content (AvgIpc) is 2.70. The van der Waals surface area contributed by atoms with E-state index in [1.54, 1.807) is 12.1 Å². The van der Waals surface area contributed by atoms with E-state index >= 15 is 0 Å². The number of aryl methyl sites for hydroxylation is 2. The molecule has 3 aromatic carbocycles. The van der Waals surface area contributed by atoms with Crippen molar-refractivity contribution in [2.75, 3.05) is 0 Å². The second-order valence-corrected chi connectivity index (χ2v) is 6.54. The zero-order valence-electron chi connectivity index (χ0n) is 15.3. The van der Waals surface area contributed by atoms with Crippen molar-refractivity contribution in [1.29, 1.82) is 0 Å². The summed E-state index contributed by atoms with van der Waals surface area (Å²) in [6.07, 6.45) is 0. The number of nitrogens with zero attached hydrogens (tertiary/aromatic N) is 2. The van der Waals surface area contributed by atoms with E-state index in [0.29, 0.717) is 0 Å². The van der Waals surface area contributed by atoms with Gasteiger partial charge in [0.05, 0.1) is 22.8 Å². The third-order valence-electron chi connectivity index (χ3n) is 4.64. The molecule has 4 rings (SSSR count). The molecule has 0 saturated heterocycles. The van der Waals surface area contributed by atoms with Gasteiger partial charge in [0, 0.05) is 16.7 Å². The molecule has 0 aliphatic heterocycles. The maximum absolute atomic E-state index is 13.3. The molecule has 0 saturated carbocycles. The molecule has 0 aliphatic carbocycles. The Morgan fingerprint density at radius 2 is 1.22 bits per heavy atom. The lowest BCUT2D eigenvalue weighted by Gasteiger charge is -2.15. The Kier molecular flexibility index (Phi) is 4.51. The Labute approximate surface area is 158 Å². The number of halogens is 1. The van der Waals surface area contributed by atoms with Crippen LogP contribution in [-0.2, 0) is 0 Å². The first-order valence-corrected chi connectivity index (χ1v) is 8.89. The largest absolute Gasteiger partial charge is 0.249 e. The molecule has 132 valence electrons.